The summed E-state index contributed by atoms with van der Waals surface area (Å²) in [5, 5.41) is 17.1. The molecule has 3 heterocycles. The summed E-state index contributed by atoms with van der Waals surface area (Å²) in [6, 6.07) is 2.91. The molecule has 0 atom stereocenters. The number of hydrogen-bond donors (Lipinski definition) is 1. The first kappa shape index (κ1) is 12.4. The Hall–Kier alpha value is -2.65. The molecule has 0 fully saturated rings. The number of halogens is 3. The number of hydrogen-bond acceptors (Lipinski definition) is 5. The van der Waals surface area contributed by atoms with E-state index in [1.165, 1.54) is 18.3 Å². The molecule has 3 rings (SSSR count). The second-order valence-electron chi connectivity index (χ2n) is 4.04. The number of aromatic nitrogens is 6. The van der Waals surface area contributed by atoms with Crippen LogP contribution < -0.4 is 5.32 Å². The van der Waals surface area contributed by atoms with E-state index in [4.69, 9.17) is 0 Å². The highest BCUT2D eigenvalue weighted by Gasteiger charge is 2.37. The molecule has 0 aliphatic carbocycles. The normalized spacial score (nSPS) is 12.0. The molecule has 0 aliphatic rings. The Labute approximate surface area is 110 Å². The van der Waals surface area contributed by atoms with Crippen molar-refractivity contribution in [2.45, 2.75) is 6.18 Å². The van der Waals surface area contributed by atoms with Gasteiger partial charge in [-0.1, -0.05) is 0 Å². The number of aryl methyl sites for hydroxylation is 1. The molecule has 104 valence electrons. The van der Waals surface area contributed by atoms with Crippen LogP contribution >= 0.6 is 0 Å². The fourth-order valence-electron chi connectivity index (χ4n) is 1.67. The molecule has 10 heteroatoms. The molecule has 0 amide bonds. The molecule has 20 heavy (non-hydrogen) atoms. The van der Waals surface area contributed by atoms with E-state index < -0.39 is 12.0 Å². The van der Waals surface area contributed by atoms with Crippen molar-refractivity contribution in [3.8, 4) is 0 Å². The summed E-state index contributed by atoms with van der Waals surface area (Å²) in [4.78, 5) is 0. The zero-order valence-electron chi connectivity index (χ0n) is 10.1. The highest BCUT2D eigenvalue weighted by molar-refractivity contribution is 5.55. The van der Waals surface area contributed by atoms with Crippen LogP contribution in [0.2, 0.25) is 0 Å². The largest absolute Gasteiger partial charge is 0.453 e. The van der Waals surface area contributed by atoms with E-state index in [1.807, 2.05) is 0 Å². The van der Waals surface area contributed by atoms with E-state index in [2.05, 4.69) is 25.7 Å². The van der Waals surface area contributed by atoms with Crippen LogP contribution in [-0.2, 0) is 13.2 Å². The average molecular weight is 283 g/mol. The smallest absolute Gasteiger partial charge is 0.336 e. The van der Waals surface area contributed by atoms with E-state index in [0.29, 0.717) is 10.2 Å². The lowest BCUT2D eigenvalue weighted by molar-refractivity contribution is -0.146. The highest BCUT2D eigenvalue weighted by atomic mass is 19.4. The van der Waals surface area contributed by atoms with E-state index in [9.17, 15) is 13.2 Å². The molecule has 3 aromatic rings. The van der Waals surface area contributed by atoms with Gasteiger partial charge in [0, 0.05) is 13.2 Å². The lowest BCUT2D eigenvalue weighted by atomic mass is 10.4. The van der Waals surface area contributed by atoms with Gasteiger partial charge in [0.15, 0.2) is 11.5 Å². The van der Waals surface area contributed by atoms with Crippen LogP contribution in [-0.4, -0.2) is 29.6 Å². The minimum absolute atomic E-state index is 0.0223. The van der Waals surface area contributed by atoms with Crippen LogP contribution in [0.5, 0.6) is 0 Å². The fourth-order valence-corrected chi connectivity index (χ4v) is 1.67. The summed E-state index contributed by atoms with van der Waals surface area (Å²) < 4.78 is 40.4. The molecule has 0 radical (unpaired) electrons. The van der Waals surface area contributed by atoms with Gasteiger partial charge in [-0.2, -0.15) is 22.8 Å². The van der Waals surface area contributed by atoms with Crippen LogP contribution in [0.1, 0.15) is 5.82 Å². The Bertz CT molecular complexity index is 758. The monoisotopic (exact) mass is 283 g/mol. The topological polar surface area (TPSA) is 72.9 Å². The number of anilines is 2. The number of nitrogens with one attached hydrogen (secondary N) is 1. The van der Waals surface area contributed by atoms with Crippen LogP contribution in [0.25, 0.3) is 5.65 Å². The van der Waals surface area contributed by atoms with Gasteiger partial charge in [0.2, 0.25) is 0 Å². The molecule has 0 spiro atoms. The van der Waals surface area contributed by atoms with Gasteiger partial charge in [0.1, 0.15) is 0 Å². The van der Waals surface area contributed by atoms with Gasteiger partial charge < -0.3 is 5.32 Å². The molecular weight excluding hydrogens is 275 g/mol. The molecule has 0 saturated heterocycles. The van der Waals surface area contributed by atoms with Crippen molar-refractivity contribution in [1.29, 1.82) is 0 Å². The molecule has 1 N–H and O–H groups in total. The van der Waals surface area contributed by atoms with Crippen LogP contribution in [0.3, 0.4) is 0 Å². The van der Waals surface area contributed by atoms with E-state index in [-0.39, 0.29) is 11.5 Å². The maximum absolute atomic E-state index is 12.7. The molecule has 7 nitrogen and oxygen atoms in total. The maximum atomic E-state index is 12.7. The van der Waals surface area contributed by atoms with Gasteiger partial charge in [-0.25, -0.2) is 0 Å². The molecule has 3 aromatic heterocycles. The van der Waals surface area contributed by atoms with Crippen LogP contribution in [0.4, 0.5) is 24.7 Å². The number of alkyl halides is 3. The lowest BCUT2D eigenvalue weighted by Crippen LogP contribution is -2.13. The zero-order chi connectivity index (χ0) is 14.3. The third kappa shape index (κ3) is 2.15. The van der Waals surface area contributed by atoms with Gasteiger partial charge in [0.25, 0.3) is 5.82 Å². The van der Waals surface area contributed by atoms with Crippen molar-refractivity contribution in [2.75, 3.05) is 5.32 Å². The summed E-state index contributed by atoms with van der Waals surface area (Å²) in [7, 11) is 1.73. The standard InChI is InChI=1S/C10H8F3N7/c1-19-5-6(4-14-19)15-7-2-3-8-16-17-9(10(11,12)13)20(8)18-7/h2-5H,1H3,(H,15,18). The third-order valence-corrected chi connectivity index (χ3v) is 2.49. The summed E-state index contributed by atoms with van der Waals surface area (Å²) in [6.45, 7) is 0. The molecular formula is C10H8F3N7. The van der Waals surface area contributed by atoms with Gasteiger partial charge in [-0.15, -0.1) is 15.3 Å². The van der Waals surface area contributed by atoms with Gasteiger partial charge in [-0.3, -0.25) is 4.68 Å². The summed E-state index contributed by atoms with van der Waals surface area (Å²) in [5.41, 5.74) is 0.634. The lowest BCUT2D eigenvalue weighted by Gasteiger charge is -2.05. The first-order valence-electron chi connectivity index (χ1n) is 5.49. The predicted octanol–water partition coefficient (Wildman–Crippen LogP) is 1.62. The summed E-state index contributed by atoms with van der Waals surface area (Å²) in [5.74, 6) is -0.932. The quantitative estimate of drug-likeness (QED) is 0.773. The van der Waals surface area contributed by atoms with Crippen molar-refractivity contribution in [3.63, 3.8) is 0 Å². The van der Waals surface area contributed by atoms with E-state index in [0.717, 1.165) is 0 Å². The fraction of sp³-hybridized carbons (Fsp3) is 0.200. The SMILES string of the molecule is Cn1cc(Nc2ccc3nnc(C(F)(F)F)n3n2)cn1. The number of rotatable bonds is 2. The second-order valence-corrected chi connectivity index (χ2v) is 4.04. The second kappa shape index (κ2) is 4.18. The molecule has 0 aromatic carbocycles. The van der Waals surface area contributed by atoms with Crippen molar-refractivity contribution >= 4 is 17.2 Å². The Morgan fingerprint density at radius 1 is 1.20 bits per heavy atom. The first-order chi connectivity index (χ1) is 9.43. The van der Waals surface area contributed by atoms with Crippen molar-refractivity contribution < 1.29 is 13.2 Å². The van der Waals surface area contributed by atoms with Crippen LogP contribution in [0.15, 0.2) is 24.5 Å². The number of nitrogens with zero attached hydrogens (tertiary/aromatic N) is 6. The van der Waals surface area contributed by atoms with E-state index >= 15 is 0 Å². The highest BCUT2D eigenvalue weighted by Crippen LogP contribution is 2.27. The zero-order valence-corrected chi connectivity index (χ0v) is 10.1. The molecule has 0 bridgehead atoms. The first-order valence-corrected chi connectivity index (χ1v) is 5.49. The minimum atomic E-state index is -4.61. The van der Waals surface area contributed by atoms with Gasteiger partial charge >= 0.3 is 6.18 Å². The van der Waals surface area contributed by atoms with Gasteiger partial charge in [0.05, 0.1) is 11.9 Å². The predicted molar refractivity (Wildman–Crippen MR) is 62.3 cm³/mol. The minimum Gasteiger partial charge on any atom is -0.336 e. The maximum Gasteiger partial charge on any atom is 0.453 e. The molecule has 0 unspecified atom stereocenters. The summed E-state index contributed by atoms with van der Waals surface area (Å²) >= 11 is 0. The Kier molecular flexibility index (Phi) is 2.59. The summed E-state index contributed by atoms with van der Waals surface area (Å²) in [6.07, 6.45) is -1.41. The van der Waals surface area contributed by atoms with Crippen molar-refractivity contribution in [2.24, 2.45) is 7.05 Å². The number of fused-ring (bicyclic) bond motifs is 1. The molecule has 0 aliphatic heterocycles. The Morgan fingerprint density at radius 2 is 2.00 bits per heavy atom. The van der Waals surface area contributed by atoms with E-state index in [1.54, 1.807) is 17.9 Å². The Morgan fingerprint density at radius 3 is 2.65 bits per heavy atom. The van der Waals surface area contributed by atoms with Crippen molar-refractivity contribution in [1.82, 2.24) is 29.6 Å². The molecule has 0 saturated carbocycles. The third-order valence-electron chi connectivity index (χ3n) is 2.49. The van der Waals surface area contributed by atoms with Crippen LogP contribution in [0, 0.1) is 0 Å². The average Bonchev–Trinajstić information content (AvgIpc) is 2.94. The van der Waals surface area contributed by atoms with Crippen molar-refractivity contribution in [3.05, 3.63) is 30.4 Å². The Balaban J connectivity index is 2.01. The van der Waals surface area contributed by atoms with Gasteiger partial charge in [-0.05, 0) is 12.1 Å².